The summed E-state index contributed by atoms with van der Waals surface area (Å²) in [5.41, 5.74) is 2.00. The molecule has 0 radical (unpaired) electrons. The Bertz CT molecular complexity index is 1120. The number of benzene rings is 2. The Labute approximate surface area is 190 Å². The lowest BCUT2D eigenvalue weighted by molar-refractivity contribution is 0.0951. The van der Waals surface area contributed by atoms with Crippen LogP contribution in [0.3, 0.4) is 0 Å². The smallest absolute Gasteiger partial charge is 0.293 e. The molecule has 8 heteroatoms. The minimum Gasteiger partial charge on any atom is -0.506 e. The molecule has 0 aliphatic carbocycles. The van der Waals surface area contributed by atoms with E-state index in [0.717, 1.165) is 5.56 Å². The molecular weight excluding hydrogens is 443 g/mol. The molecule has 2 aromatic carbocycles. The fourth-order valence-corrected chi connectivity index (χ4v) is 3.19. The second kappa shape index (κ2) is 8.68. The third-order valence-electron chi connectivity index (χ3n) is 4.37. The maximum atomic E-state index is 12.5. The number of halogens is 2. The molecule has 1 aromatic heterocycles. The Morgan fingerprint density at radius 2 is 1.77 bits per heavy atom. The summed E-state index contributed by atoms with van der Waals surface area (Å²) in [5.74, 6) is 0.0470. The van der Waals surface area contributed by atoms with Gasteiger partial charge in [0, 0.05) is 5.56 Å². The van der Waals surface area contributed by atoms with Gasteiger partial charge in [-0.05, 0) is 65.7 Å². The summed E-state index contributed by atoms with van der Waals surface area (Å²) in [5, 5.41) is 16.3. The van der Waals surface area contributed by atoms with Gasteiger partial charge in [0.15, 0.2) is 10.9 Å². The van der Waals surface area contributed by atoms with E-state index in [9.17, 15) is 9.90 Å². The van der Waals surface area contributed by atoms with E-state index in [-0.39, 0.29) is 22.0 Å². The molecule has 0 fully saturated rings. The third-order valence-corrected chi connectivity index (χ3v) is 5.31. The monoisotopic (exact) mass is 462 g/mol. The van der Waals surface area contributed by atoms with Gasteiger partial charge in [-0.2, -0.15) is 0 Å². The first kappa shape index (κ1) is 22.2. The Morgan fingerprint density at radius 3 is 2.43 bits per heavy atom. The van der Waals surface area contributed by atoms with Crippen molar-refractivity contribution in [2.24, 2.45) is 0 Å². The van der Waals surface area contributed by atoms with Crippen molar-refractivity contribution in [2.75, 3.05) is 5.32 Å². The molecule has 0 saturated heterocycles. The zero-order valence-electron chi connectivity index (χ0n) is 16.5. The van der Waals surface area contributed by atoms with Gasteiger partial charge in [0.05, 0.1) is 15.7 Å². The van der Waals surface area contributed by atoms with Gasteiger partial charge in [0.2, 0.25) is 0 Å². The number of aromatic hydroxyl groups is 1. The van der Waals surface area contributed by atoms with Gasteiger partial charge in [0.1, 0.15) is 11.5 Å². The van der Waals surface area contributed by atoms with Crippen molar-refractivity contribution in [3.8, 4) is 17.1 Å². The third kappa shape index (κ3) is 5.14. The van der Waals surface area contributed by atoms with Crippen LogP contribution in [0.5, 0.6) is 5.75 Å². The van der Waals surface area contributed by atoms with Crippen LogP contribution in [0.4, 0.5) is 5.69 Å². The minimum atomic E-state index is -0.523. The van der Waals surface area contributed by atoms with E-state index in [1.165, 1.54) is 6.07 Å². The van der Waals surface area contributed by atoms with E-state index < -0.39 is 5.91 Å². The van der Waals surface area contributed by atoms with Crippen molar-refractivity contribution in [1.29, 1.82) is 0 Å². The number of carbonyl (C=O) groups is 1. The predicted molar refractivity (Wildman–Crippen MR) is 125 cm³/mol. The van der Waals surface area contributed by atoms with E-state index >= 15 is 0 Å². The second-order valence-corrected chi connectivity index (χ2v) is 8.91. The molecule has 1 heterocycles. The van der Waals surface area contributed by atoms with Crippen LogP contribution in [-0.4, -0.2) is 16.1 Å². The lowest BCUT2D eigenvalue weighted by Gasteiger charge is -2.20. The molecule has 156 valence electrons. The number of hydrogen-bond acceptors (Lipinski definition) is 4. The maximum Gasteiger partial charge on any atom is 0.293 e. The SMILES string of the molecule is CC(C)(C)c1ccc(O)c(NC(=S)NC(=O)c2ccc(-c3ccc(Cl)c(Cl)c3)o2)c1. The number of phenols is 1. The number of anilines is 1. The number of rotatable bonds is 3. The number of thiocarbonyl (C=S) groups is 1. The summed E-state index contributed by atoms with van der Waals surface area (Å²) < 4.78 is 5.61. The van der Waals surface area contributed by atoms with E-state index in [2.05, 4.69) is 31.4 Å². The minimum absolute atomic E-state index is 0.0273. The molecular formula is C22H20Cl2N2O3S. The van der Waals surface area contributed by atoms with Crippen LogP contribution in [0, 0.1) is 0 Å². The van der Waals surface area contributed by atoms with E-state index in [1.54, 1.807) is 36.4 Å². The Balaban J connectivity index is 1.70. The molecule has 0 aliphatic heterocycles. The molecule has 0 aliphatic rings. The van der Waals surface area contributed by atoms with E-state index in [4.69, 9.17) is 39.8 Å². The average molecular weight is 463 g/mol. The van der Waals surface area contributed by atoms with E-state index in [0.29, 0.717) is 27.1 Å². The number of carbonyl (C=O) groups excluding carboxylic acids is 1. The summed E-state index contributed by atoms with van der Waals surface area (Å²) in [7, 11) is 0. The lowest BCUT2D eigenvalue weighted by atomic mass is 9.87. The van der Waals surface area contributed by atoms with Crippen LogP contribution in [-0.2, 0) is 5.41 Å². The lowest BCUT2D eigenvalue weighted by Crippen LogP contribution is -2.34. The Morgan fingerprint density at radius 1 is 1.03 bits per heavy atom. The van der Waals surface area contributed by atoms with E-state index in [1.807, 2.05) is 6.07 Å². The van der Waals surface area contributed by atoms with Gasteiger partial charge in [-0.1, -0.05) is 50.0 Å². The van der Waals surface area contributed by atoms with Gasteiger partial charge < -0.3 is 14.8 Å². The van der Waals surface area contributed by atoms with Crippen molar-refractivity contribution in [2.45, 2.75) is 26.2 Å². The van der Waals surface area contributed by atoms with Gasteiger partial charge in [0.25, 0.3) is 5.91 Å². The molecule has 3 aromatic rings. The molecule has 1 amide bonds. The molecule has 0 spiro atoms. The van der Waals surface area contributed by atoms with Gasteiger partial charge in [-0.15, -0.1) is 0 Å². The average Bonchev–Trinajstić information content (AvgIpc) is 3.15. The van der Waals surface area contributed by atoms with Crippen LogP contribution in [0.25, 0.3) is 11.3 Å². The summed E-state index contributed by atoms with van der Waals surface area (Å²) >= 11 is 17.2. The highest BCUT2D eigenvalue weighted by molar-refractivity contribution is 7.80. The number of phenolic OH excluding ortho intramolecular Hbond substituents is 1. The first-order valence-electron chi connectivity index (χ1n) is 9.05. The summed E-state index contributed by atoms with van der Waals surface area (Å²) in [6, 6.07) is 13.5. The second-order valence-electron chi connectivity index (χ2n) is 7.68. The zero-order valence-corrected chi connectivity index (χ0v) is 18.9. The van der Waals surface area contributed by atoms with Crippen LogP contribution >= 0.6 is 35.4 Å². The summed E-state index contributed by atoms with van der Waals surface area (Å²) in [6.07, 6.45) is 0. The van der Waals surface area contributed by atoms with Crippen molar-refractivity contribution < 1.29 is 14.3 Å². The van der Waals surface area contributed by atoms with Crippen molar-refractivity contribution in [3.05, 3.63) is 69.9 Å². The number of furan rings is 1. The molecule has 0 atom stereocenters. The number of nitrogens with one attached hydrogen (secondary N) is 2. The summed E-state index contributed by atoms with van der Waals surface area (Å²) in [4.78, 5) is 12.5. The molecule has 0 bridgehead atoms. The standard InChI is InChI=1S/C22H20Cl2N2O3S/c1-22(2,3)13-5-7-17(27)16(11-13)25-21(30)26-20(28)19-9-8-18(29-19)12-4-6-14(23)15(24)10-12/h4-11,27H,1-3H3,(H2,25,26,28,30). The topological polar surface area (TPSA) is 74.5 Å². The van der Waals surface area contributed by atoms with Crippen LogP contribution < -0.4 is 10.6 Å². The van der Waals surface area contributed by atoms with Gasteiger partial charge in [-0.3, -0.25) is 10.1 Å². The molecule has 0 saturated carbocycles. The molecule has 5 nitrogen and oxygen atoms in total. The van der Waals surface area contributed by atoms with Crippen molar-refractivity contribution in [3.63, 3.8) is 0 Å². The maximum absolute atomic E-state index is 12.5. The molecule has 3 N–H and O–H groups in total. The predicted octanol–water partition coefficient (Wildman–Crippen LogP) is 6.38. The fourth-order valence-electron chi connectivity index (χ4n) is 2.69. The van der Waals surface area contributed by atoms with Crippen LogP contribution in [0.1, 0.15) is 36.9 Å². The molecule has 30 heavy (non-hydrogen) atoms. The van der Waals surface area contributed by atoms with Crippen molar-refractivity contribution in [1.82, 2.24) is 5.32 Å². The Hall–Kier alpha value is -2.54. The summed E-state index contributed by atoms with van der Waals surface area (Å²) in [6.45, 7) is 6.18. The number of hydrogen-bond donors (Lipinski definition) is 3. The zero-order chi connectivity index (χ0) is 22.1. The first-order valence-corrected chi connectivity index (χ1v) is 10.2. The van der Waals surface area contributed by atoms with Crippen molar-refractivity contribution >= 4 is 52.1 Å². The highest BCUT2D eigenvalue weighted by atomic mass is 35.5. The normalized spacial score (nSPS) is 11.2. The largest absolute Gasteiger partial charge is 0.506 e. The fraction of sp³-hybridized carbons (Fsp3) is 0.182. The highest BCUT2D eigenvalue weighted by Gasteiger charge is 2.18. The molecule has 0 unspecified atom stereocenters. The van der Waals surface area contributed by atoms with Crippen LogP contribution in [0.2, 0.25) is 10.0 Å². The Kier molecular flexibility index (Phi) is 6.41. The van der Waals surface area contributed by atoms with Gasteiger partial charge in [-0.25, -0.2) is 0 Å². The van der Waals surface area contributed by atoms with Gasteiger partial charge >= 0.3 is 0 Å². The number of amides is 1. The highest BCUT2D eigenvalue weighted by Crippen LogP contribution is 2.31. The molecule has 3 rings (SSSR count). The van der Waals surface area contributed by atoms with Crippen LogP contribution in [0.15, 0.2) is 52.9 Å². The first-order chi connectivity index (χ1) is 14.0. The quantitative estimate of drug-likeness (QED) is 0.310.